The van der Waals surface area contributed by atoms with Crippen LogP contribution < -0.4 is 11.1 Å². The SMILES string of the molecule is NC(=O)/C(=C\c1ccccc1)NC(=O)/C=C\CC(=O)O. The number of carbonyl (C=O) groups excluding carboxylic acids is 2. The number of aliphatic carboxylic acids is 1. The number of carboxylic acids is 1. The summed E-state index contributed by atoms with van der Waals surface area (Å²) in [5.41, 5.74) is 5.81. The Balaban J connectivity index is 2.76. The lowest BCUT2D eigenvalue weighted by molar-refractivity contribution is -0.136. The second-order valence-corrected chi connectivity index (χ2v) is 3.82. The molecule has 0 aromatic heterocycles. The highest BCUT2D eigenvalue weighted by Crippen LogP contribution is 2.04. The maximum atomic E-state index is 11.5. The molecule has 0 aliphatic rings. The summed E-state index contributed by atoms with van der Waals surface area (Å²) in [6.07, 6.45) is 3.38. The third kappa shape index (κ3) is 5.63. The first kappa shape index (κ1) is 15.2. The summed E-state index contributed by atoms with van der Waals surface area (Å²) in [5.74, 6) is -2.45. The van der Waals surface area contributed by atoms with Gasteiger partial charge in [0.1, 0.15) is 5.70 Å². The van der Waals surface area contributed by atoms with Gasteiger partial charge in [0.05, 0.1) is 6.42 Å². The quantitative estimate of drug-likeness (QED) is 0.662. The minimum atomic E-state index is -1.05. The van der Waals surface area contributed by atoms with Gasteiger partial charge in [-0.3, -0.25) is 14.4 Å². The van der Waals surface area contributed by atoms with Crippen LogP contribution in [0.1, 0.15) is 12.0 Å². The first-order valence-electron chi connectivity index (χ1n) is 5.75. The third-order valence-electron chi connectivity index (χ3n) is 2.20. The van der Waals surface area contributed by atoms with Crippen molar-refractivity contribution in [1.29, 1.82) is 0 Å². The average Bonchev–Trinajstić information content (AvgIpc) is 2.38. The van der Waals surface area contributed by atoms with Crippen molar-refractivity contribution >= 4 is 23.9 Å². The number of nitrogens with one attached hydrogen (secondary N) is 1. The second-order valence-electron chi connectivity index (χ2n) is 3.82. The van der Waals surface area contributed by atoms with Crippen molar-refractivity contribution in [1.82, 2.24) is 5.32 Å². The van der Waals surface area contributed by atoms with Crippen molar-refractivity contribution in [3.05, 3.63) is 53.7 Å². The van der Waals surface area contributed by atoms with Gasteiger partial charge in [0.2, 0.25) is 5.91 Å². The number of rotatable bonds is 6. The van der Waals surface area contributed by atoms with Gasteiger partial charge in [0.25, 0.3) is 5.91 Å². The summed E-state index contributed by atoms with van der Waals surface area (Å²) in [6, 6.07) is 8.86. The standard InChI is InChI=1S/C14H14N2O4/c15-14(20)11(9-10-5-2-1-3-6-10)16-12(17)7-4-8-13(18)19/h1-7,9H,8H2,(H2,15,20)(H,16,17)(H,18,19)/b7-4-,11-9+. The molecule has 6 heteroatoms. The van der Waals surface area contributed by atoms with Gasteiger partial charge in [-0.05, 0) is 17.7 Å². The second kappa shape index (κ2) is 7.52. The van der Waals surface area contributed by atoms with E-state index in [2.05, 4.69) is 5.32 Å². The number of hydrogen-bond acceptors (Lipinski definition) is 3. The molecule has 0 spiro atoms. The first-order chi connectivity index (χ1) is 9.49. The number of carboxylic acid groups (broad SMARTS) is 1. The maximum absolute atomic E-state index is 11.5. The van der Waals surface area contributed by atoms with Crippen molar-refractivity contribution in [2.24, 2.45) is 5.73 Å². The molecule has 0 unspecified atom stereocenters. The zero-order valence-electron chi connectivity index (χ0n) is 10.6. The van der Waals surface area contributed by atoms with Gasteiger partial charge in [-0.1, -0.05) is 36.4 Å². The molecule has 2 amide bonds. The molecule has 20 heavy (non-hydrogen) atoms. The van der Waals surface area contributed by atoms with Crippen molar-refractivity contribution in [2.75, 3.05) is 0 Å². The highest BCUT2D eigenvalue weighted by Gasteiger charge is 2.07. The van der Waals surface area contributed by atoms with E-state index in [0.717, 1.165) is 6.08 Å². The molecule has 0 aliphatic carbocycles. The van der Waals surface area contributed by atoms with Gasteiger partial charge < -0.3 is 16.2 Å². The fourth-order valence-electron chi connectivity index (χ4n) is 1.33. The van der Waals surface area contributed by atoms with Gasteiger partial charge >= 0.3 is 5.97 Å². The molecule has 4 N–H and O–H groups in total. The molecule has 0 atom stereocenters. The molecule has 0 saturated heterocycles. The van der Waals surface area contributed by atoms with Crippen LogP contribution in [-0.4, -0.2) is 22.9 Å². The summed E-state index contributed by atoms with van der Waals surface area (Å²) < 4.78 is 0. The van der Waals surface area contributed by atoms with E-state index in [9.17, 15) is 14.4 Å². The maximum Gasteiger partial charge on any atom is 0.307 e. The van der Waals surface area contributed by atoms with E-state index in [-0.39, 0.29) is 12.1 Å². The Hall–Kier alpha value is -2.89. The Morgan fingerprint density at radius 1 is 1.20 bits per heavy atom. The lowest BCUT2D eigenvalue weighted by Gasteiger charge is -2.04. The summed E-state index contributed by atoms with van der Waals surface area (Å²) >= 11 is 0. The Morgan fingerprint density at radius 3 is 2.40 bits per heavy atom. The minimum Gasteiger partial charge on any atom is -0.481 e. The Kier molecular flexibility index (Phi) is 5.71. The normalized spacial score (nSPS) is 11.3. The number of primary amides is 1. The molecular weight excluding hydrogens is 260 g/mol. The molecule has 104 valence electrons. The van der Waals surface area contributed by atoms with Gasteiger partial charge in [0.15, 0.2) is 0 Å². The lowest BCUT2D eigenvalue weighted by Crippen LogP contribution is -2.29. The molecule has 6 nitrogen and oxygen atoms in total. The monoisotopic (exact) mass is 274 g/mol. The van der Waals surface area contributed by atoms with E-state index in [4.69, 9.17) is 10.8 Å². The molecule has 0 fully saturated rings. The van der Waals surface area contributed by atoms with Gasteiger partial charge in [-0.25, -0.2) is 0 Å². The van der Waals surface area contributed by atoms with Crippen LogP contribution >= 0.6 is 0 Å². The van der Waals surface area contributed by atoms with Crippen LogP contribution in [0.5, 0.6) is 0 Å². The van der Waals surface area contributed by atoms with Gasteiger partial charge in [-0.2, -0.15) is 0 Å². The van der Waals surface area contributed by atoms with Gasteiger partial charge in [-0.15, -0.1) is 0 Å². The van der Waals surface area contributed by atoms with E-state index >= 15 is 0 Å². The molecule has 0 radical (unpaired) electrons. The largest absolute Gasteiger partial charge is 0.481 e. The molecular formula is C14H14N2O4. The van der Waals surface area contributed by atoms with Crippen molar-refractivity contribution in [3.8, 4) is 0 Å². The number of carbonyl (C=O) groups is 3. The molecule has 0 aliphatic heterocycles. The van der Waals surface area contributed by atoms with E-state index in [1.165, 1.54) is 12.2 Å². The summed E-state index contributed by atoms with van der Waals surface area (Å²) in [4.78, 5) is 33.0. The zero-order valence-corrected chi connectivity index (χ0v) is 10.6. The van der Waals surface area contributed by atoms with Crippen LogP contribution in [0.3, 0.4) is 0 Å². The number of benzene rings is 1. The molecule has 1 aromatic carbocycles. The van der Waals surface area contributed by atoms with Gasteiger partial charge in [0, 0.05) is 0 Å². The minimum absolute atomic E-state index is 0.0684. The predicted octanol–water partition coefficient (Wildman–Crippen LogP) is 0.660. The van der Waals surface area contributed by atoms with Crippen LogP contribution in [0.25, 0.3) is 6.08 Å². The predicted molar refractivity (Wildman–Crippen MR) is 73.1 cm³/mol. The zero-order chi connectivity index (χ0) is 15.0. The van der Waals surface area contributed by atoms with Crippen LogP contribution in [0.15, 0.2) is 48.2 Å². The van der Waals surface area contributed by atoms with E-state index in [0.29, 0.717) is 5.56 Å². The van der Waals surface area contributed by atoms with Crippen LogP contribution in [0.2, 0.25) is 0 Å². The van der Waals surface area contributed by atoms with Crippen LogP contribution in [-0.2, 0) is 14.4 Å². The molecule has 1 aromatic rings. The summed E-state index contributed by atoms with van der Waals surface area (Å²) in [6.45, 7) is 0. The topological polar surface area (TPSA) is 109 Å². The first-order valence-corrected chi connectivity index (χ1v) is 5.75. The van der Waals surface area contributed by atoms with Crippen LogP contribution in [0, 0.1) is 0 Å². The summed E-state index contributed by atoms with van der Waals surface area (Å²) in [5, 5.41) is 10.7. The third-order valence-corrected chi connectivity index (χ3v) is 2.20. The van der Waals surface area contributed by atoms with E-state index in [1.807, 2.05) is 6.07 Å². The van der Waals surface area contributed by atoms with E-state index in [1.54, 1.807) is 24.3 Å². The van der Waals surface area contributed by atoms with Crippen molar-refractivity contribution < 1.29 is 19.5 Å². The average molecular weight is 274 g/mol. The highest BCUT2D eigenvalue weighted by atomic mass is 16.4. The Morgan fingerprint density at radius 2 is 1.85 bits per heavy atom. The summed E-state index contributed by atoms with van der Waals surface area (Å²) in [7, 11) is 0. The Labute approximate surface area is 115 Å². The van der Waals surface area contributed by atoms with Crippen molar-refractivity contribution in [2.45, 2.75) is 6.42 Å². The van der Waals surface area contributed by atoms with E-state index < -0.39 is 17.8 Å². The molecule has 0 heterocycles. The molecule has 0 saturated carbocycles. The highest BCUT2D eigenvalue weighted by molar-refractivity contribution is 6.02. The lowest BCUT2D eigenvalue weighted by atomic mass is 10.2. The fourth-order valence-corrected chi connectivity index (χ4v) is 1.33. The van der Waals surface area contributed by atoms with Crippen molar-refractivity contribution in [3.63, 3.8) is 0 Å². The van der Waals surface area contributed by atoms with Crippen LogP contribution in [0.4, 0.5) is 0 Å². The number of amides is 2. The smallest absolute Gasteiger partial charge is 0.307 e. The number of hydrogen-bond donors (Lipinski definition) is 3. The number of nitrogens with two attached hydrogens (primary N) is 1. The molecule has 1 rings (SSSR count). The Bertz CT molecular complexity index is 562. The fraction of sp³-hybridized carbons (Fsp3) is 0.0714. The molecule has 0 bridgehead atoms.